The minimum absolute atomic E-state index is 0.0883. The zero-order valence-electron chi connectivity index (χ0n) is 17.0. The molecule has 1 saturated heterocycles. The first-order valence-corrected chi connectivity index (χ1v) is 11.6. The van der Waals surface area contributed by atoms with E-state index in [0.29, 0.717) is 24.5 Å². The Morgan fingerprint density at radius 1 is 1.13 bits per heavy atom. The van der Waals surface area contributed by atoms with Crippen LogP contribution in [0.25, 0.3) is 0 Å². The van der Waals surface area contributed by atoms with Crippen LogP contribution >= 0.6 is 0 Å². The molecule has 3 heterocycles. The number of hydrogen-bond acceptors (Lipinski definition) is 6. The topological polar surface area (TPSA) is 109 Å². The molecule has 0 unspecified atom stereocenters. The van der Waals surface area contributed by atoms with Crippen molar-refractivity contribution in [3.05, 3.63) is 48.3 Å². The molecule has 2 aliphatic rings. The molecule has 0 spiro atoms. The van der Waals surface area contributed by atoms with E-state index in [1.165, 1.54) is 27.4 Å². The molecule has 0 radical (unpaired) electrons. The Labute approximate surface area is 181 Å². The maximum Gasteiger partial charge on any atom is 0.265 e. The van der Waals surface area contributed by atoms with E-state index in [4.69, 9.17) is 4.74 Å². The van der Waals surface area contributed by atoms with Crippen LogP contribution in [0.4, 0.5) is 5.69 Å². The third kappa shape index (κ3) is 4.70. The van der Waals surface area contributed by atoms with E-state index in [-0.39, 0.29) is 36.2 Å². The number of carbonyl (C=O) groups excluding carboxylic acids is 2. The van der Waals surface area contributed by atoms with Gasteiger partial charge in [0.1, 0.15) is 12.3 Å². The molecule has 1 N–H and O–H groups in total. The molecule has 4 rings (SSSR count). The molecule has 10 heteroatoms. The van der Waals surface area contributed by atoms with Gasteiger partial charge in [-0.25, -0.2) is 8.42 Å². The first-order valence-electron chi connectivity index (χ1n) is 10.2. The second kappa shape index (κ2) is 9.03. The third-order valence-corrected chi connectivity index (χ3v) is 7.22. The lowest BCUT2D eigenvalue weighted by Gasteiger charge is -2.30. The van der Waals surface area contributed by atoms with E-state index >= 15 is 0 Å². The number of amides is 2. The van der Waals surface area contributed by atoms with Crippen LogP contribution in [0.15, 0.2) is 47.5 Å². The Bertz CT molecular complexity index is 1070. The maximum atomic E-state index is 13.0. The van der Waals surface area contributed by atoms with Gasteiger partial charge in [-0.1, -0.05) is 12.5 Å². The van der Waals surface area contributed by atoms with Crippen molar-refractivity contribution in [3.63, 3.8) is 0 Å². The lowest BCUT2D eigenvalue weighted by Crippen LogP contribution is -2.45. The van der Waals surface area contributed by atoms with Gasteiger partial charge in [-0.15, -0.1) is 0 Å². The van der Waals surface area contributed by atoms with Crippen molar-refractivity contribution in [2.24, 2.45) is 0 Å². The number of nitrogens with one attached hydrogen (secondary N) is 1. The number of rotatable bonds is 6. The molecule has 9 nitrogen and oxygen atoms in total. The molecule has 0 bridgehead atoms. The average molecular weight is 445 g/mol. The quantitative estimate of drug-likeness (QED) is 0.719. The van der Waals surface area contributed by atoms with Crippen LogP contribution in [-0.2, 0) is 26.2 Å². The number of fused-ring (bicyclic) bond motifs is 1. The summed E-state index contributed by atoms with van der Waals surface area (Å²) in [7, 11) is -3.68. The van der Waals surface area contributed by atoms with Crippen LogP contribution in [0.5, 0.6) is 5.75 Å². The lowest BCUT2D eigenvalue weighted by atomic mass is 10.2. The molecule has 164 valence electrons. The van der Waals surface area contributed by atoms with Crippen molar-refractivity contribution in [2.75, 3.05) is 31.1 Å². The largest absolute Gasteiger partial charge is 0.482 e. The van der Waals surface area contributed by atoms with Crippen molar-refractivity contribution in [2.45, 2.75) is 30.7 Å². The van der Waals surface area contributed by atoms with Crippen LogP contribution in [0.1, 0.15) is 25.0 Å². The number of sulfonamides is 1. The Morgan fingerprint density at radius 3 is 2.68 bits per heavy atom. The highest BCUT2D eigenvalue weighted by Crippen LogP contribution is 2.35. The molecule has 0 saturated carbocycles. The van der Waals surface area contributed by atoms with Gasteiger partial charge in [-0.05, 0) is 43.2 Å². The van der Waals surface area contributed by atoms with Crippen LogP contribution in [-0.4, -0.2) is 55.8 Å². The maximum absolute atomic E-state index is 13.0. The summed E-state index contributed by atoms with van der Waals surface area (Å²) in [6, 6.07) is 9.83. The Kier molecular flexibility index (Phi) is 6.19. The number of piperidine rings is 1. The molecule has 1 aromatic carbocycles. The minimum Gasteiger partial charge on any atom is -0.482 e. The Balaban J connectivity index is 1.53. The smallest absolute Gasteiger partial charge is 0.265 e. The summed E-state index contributed by atoms with van der Waals surface area (Å²) >= 11 is 0. The molecular weight excluding hydrogens is 420 g/mol. The van der Waals surface area contributed by atoms with Gasteiger partial charge in [0.25, 0.3) is 5.91 Å². The summed E-state index contributed by atoms with van der Waals surface area (Å²) in [5, 5.41) is 2.73. The molecule has 0 atom stereocenters. The van der Waals surface area contributed by atoms with Crippen LogP contribution in [0, 0.1) is 0 Å². The fraction of sp³-hybridized carbons (Fsp3) is 0.381. The number of nitrogens with zero attached hydrogens (tertiary/aromatic N) is 3. The summed E-state index contributed by atoms with van der Waals surface area (Å²) in [4.78, 5) is 30.4. The first-order chi connectivity index (χ1) is 14.9. The van der Waals surface area contributed by atoms with E-state index < -0.39 is 15.9 Å². The third-order valence-electron chi connectivity index (χ3n) is 5.32. The van der Waals surface area contributed by atoms with E-state index in [1.807, 2.05) is 6.07 Å². The Hall–Kier alpha value is -2.98. The fourth-order valence-electron chi connectivity index (χ4n) is 3.66. The molecule has 2 aliphatic heterocycles. The van der Waals surface area contributed by atoms with Gasteiger partial charge in [0, 0.05) is 19.3 Å². The van der Waals surface area contributed by atoms with Crippen molar-refractivity contribution in [1.29, 1.82) is 0 Å². The van der Waals surface area contributed by atoms with E-state index in [0.717, 1.165) is 19.3 Å². The molecule has 2 aromatic rings. The standard InChI is InChI=1S/C21H24N4O5S/c26-20(23-13-16-6-2-3-9-22-16)14-25-18-12-17(7-8-19(18)30-15-21(25)27)31(28,29)24-10-4-1-5-11-24/h2-3,6-9,12H,1,4-5,10-11,13-15H2,(H,23,26). The predicted octanol–water partition coefficient (Wildman–Crippen LogP) is 1.30. The number of hydrogen-bond donors (Lipinski definition) is 1. The summed E-state index contributed by atoms with van der Waals surface area (Å²) in [6.45, 7) is 0.741. The number of aromatic nitrogens is 1. The van der Waals surface area contributed by atoms with Gasteiger partial charge >= 0.3 is 0 Å². The fourth-order valence-corrected chi connectivity index (χ4v) is 5.20. The van der Waals surface area contributed by atoms with Gasteiger partial charge in [0.15, 0.2) is 6.61 Å². The van der Waals surface area contributed by atoms with Gasteiger partial charge in [-0.3, -0.25) is 19.5 Å². The molecule has 2 amide bonds. The van der Waals surface area contributed by atoms with E-state index in [2.05, 4.69) is 10.3 Å². The number of pyridine rings is 1. The van der Waals surface area contributed by atoms with Crippen molar-refractivity contribution in [3.8, 4) is 5.75 Å². The monoisotopic (exact) mass is 444 g/mol. The summed E-state index contributed by atoms with van der Waals surface area (Å²) < 4.78 is 33.0. The SMILES string of the molecule is O=C(CN1C(=O)COc2ccc(S(=O)(=O)N3CCCCC3)cc21)NCc1ccccn1. The van der Waals surface area contributed by atoms with Gasteiger partial charge in [0.05, 0.1) is 22.8 Å². The summed E-state index contributed by atoms with van der Waals surface area (Å²) in [5.74, 6) is -0.418. The van der Waals surface area contributed by atoms with Gasteiger partial charge in [0.2, 0.25) is 15.9 Å². The number of carbonyl (C=O) groups is 2. The van der Waals surface area contributed by atoms with Crippen molar-refractivity contribution in [1.82, 2.24) is 14.6 Å². The van der Waals surface area contributed by atoms with Crippen LogP contribution < -0.4 is 15.0 Å². The highest BCUT2D eigenvalue weighted by molar-refractivity contribution is 7.89. The Morgan fingerprint density at radius 2 is 1.94 bits per heavy atom. The first kappa shape index (κ1) is 21.3. The van der Waals surface area contributed by atoms with E-state index in [9.17, 15) is 18.0 Å². The normalized spacial score (nSPS) is 17.0. The molecule has 1 aromatic heterocycles. The zero-order chi connectivity index (χ0) is 21.8. The van der Waals surface area contributed by atoms with E-state index in [1.54, 1.807) is 18.3 Å². The number of ether oxygens (including phenoxy) is 1. The number of anilines is 1. The van der Waals surface area contributed by atoms with Crippen molar-refractivity contribution < 1.29 is 22.7 Å². The number of benzene rings is 1. The van der Waals surface area contributed by atoms with Crippen LogP contribution in [0.2, 0.25) is 0 Å². The van der Waals surface area contributed by atoms with Crippen molar-refractivity contribution >= 4 is 27.5 Å². The highest BCUT2D eigenvalue weighted by atomic mass is 32.2. The highest BCUT2D eigenvalue weighted by Gasteiger charge is 2.31. The van der Waals surface area contributed by atoms with Crippen LogP contribution in [0.3, 0.4) is 0 Å². The second-order valence-electron chi connectivity index (χ2n) is 7.46. The second-order valence-corrected chi connectivity index (χ2v) is 9.40. The molecule has 1 fully saturated rings. The predicted molar refractivity (Wildman–Crippen MR) is 113 cm³/mol. The summed E-state index contributed by atoms with van der Waals surface area (Å²) in [5.41, 5.74) is 0.974. The average Bonchev–Trinajstić information content (AvgIpc) is 2.80. The molecule has 31 heavy (non-hydrogen) atoms. The lowest BCUT2D eigenvalue weighted by molar-refractivity contribution is -0.125. The van der Waals surface area contributed by atoms with Gasteiger partial charge < -0.3 is 10.1 Å². The minimum atomic E-state index is -3.68. The summed E-state index contributed by atoms with van der Waals surface area (Å²) in [6.07, 6.45) is 4.30. The zero-order valence-corrected chi connectivity index (χ0v) is 17.8. The molecular formula is C21H24N4O5S. The molecule has 0 aliphatic carbocycles. The van der Waals surface area contributed by atoms with Gasteiger partial charge in [-0.2, -0.15) is 4.31 Å².